The molecule has 1 N–H and O–H groups in total. The van der Waals surface area contributed by atoms with E-state index in [-0.39, 0.29) is 11.9 Å². The van der Waals surface area contributed by atoms with E-state index in [0.717, 1.165) is 35.5 Å². The van der Waals surface area contributed by atoms with Gasteiger partial charge < -0.3 is 9.88 Å². The second kappa shape index (κ2) is 9.04. The quantitative estimate of drug-likeness (QED) is 0.468. The maximum Gasteiger partial charge on any atom is 0.270 e. The second-order valence-corrected chi connectivity index (χ2v) is 8.07. The molecule has 0 bridgehead atoms. The highest BCUT2D eigenvalue weighted by Crippen LogP contribution is 2.22. The van der Waals surface area contributed by atoms with Crippen LogP contribution in [-0.4, -0.2) is 26.3 Å². The summed E-state index contributed by atoms with van der Waals surface area (Å²) < 4.78 is 3.75. The summed E-state index contributed by atoms with van der Waals surface area (Å²) in [6.45, 7) is 4.09. The highest BCUT2D eigenvalue weighted by atomic mass is 16.2. The maximum atomic E-state index is 13.2. The molecule has 5 heteroatoms. The molecule has 0 fully saturated rings. The molecule has 1 amide bonds. The van der Waals surface area contributed by atoms with Crippen molar-refractivity contribution in [1.29, 1.82) is 0 Å². The first-order chi connectivity index (χ1) is 15.0. The molecule has 5 nitrogen and oxygen atoms in total. The summed E-state index contributed by atoms with van der Waals surface area (Å²) >= 11 is 0. The lowest BCUT2D eigenvalue weighted by Crippen LogP contribution is -2.34. The molecule has 1 atom stereocenters. The van der Waals surface area contributed by atoms with Crippen molar-refractivity contribution in [2.24, 2.45) is 7.05 Å². The van der Waals surface area contributed by atoms with Crippen LogP contribution in [0, 0.1) is 6.92 Å². The number of nitrogens with one attached hydrogen (secondary N) is 1. The van der Waals surface area contributed by atoms with Crippen LogP contribution in [0.2, 0.25) is 0 Å². The predicted molar refractivity (Wildman–Crippen MR) is 124 cm³/mol. The van der Waals surface area contributed by atoms with Crippen LogP contribution in [0.25, 0.3) is 17.1 Å². The Morgan fingerprint density at radius 1 is 1.03 bits per heavy atom. The normalized spacial score (nSPS) is 12.0. The van der Waals surface area contributed by atoms with Crippen molar-refractivity contribution in [2.45, 2.75) is 32.7 Å². The van der Waals surface area contributed by atoms with E-state index in [1.165, 1.54) is 5.56 Å². The van der Waals surface area contributed by atoms with Gasteiger partial charge in [-0.3, -0.25) is 4.79 Å². The third kappa shape index (κ3) is 4.77. The zero-order valence-corrected chi connectivity index (χ0v) is 18.2. The maximum absolute atomic E-state index is 13.2. The van der Waals surface area contributed by atoms with E-state index in [0.29, 0.717) is 5.69 Å². The smallest absolute Gasteiger partial charge is 0.270 e. The van der Waals surface area contributed by atoms with E-state index in [1.807, 2.05) is 92.3 Å². The predicted octanol–water partition coefficient (Wildman–Crippen LogP) is 4.94. The van der Waals surface area contributed by atoms with Crippen molar-refractivity contribution < 1.29 is 4.79 Å². The van der Waals surface area contributed by atoms with Crippen molar-refractivity contribution in [3.05, 3.63) is 95.8 Å². The van der Waals surface area contributed by atoms with E-state index in [2.05, 4.69) is 17.4 Å². The lowest BCUT2D eigenvalue weighted by atomic mass is 10.1. The van der Waals surface area contributed by atoms with Gasteiger partial charge in [0.2, 0.25) is 0 Å². The Kier molecular flexibility index (Phi) is 6.03. The molecule has 158 valence electrons. The largest absolute Gasteiger partial charge is 0.349 e. The van der Waals surface area contributed by atoms with E-state index in [4.69, 9.17) is 5.10 Å². The Labute approximate surface area is 183 Å². The second-order valence-electron chi connectivity index (χ2n) is 8.07. The standard InChI is InChI=1S/C26H28N4O/c1-19-9-7-12-22(17-19)30-25(18-23(28-30)24-13-8-16-29(24)3)26(31)27-20(2)14-15-21-10-5-4-6-11-21/h4-13,16-18,20H,14-15H2,1-3H3,(H,27,31). The third-order valence-corrected chi connectivity index (χ3v) is 5.48. The van der Waals surface area contributed by atoms with Crippen LogP contribution < -0.4 is 5.32 Å². The number of hydrogen-bond acceptors (Lipinski definition) is 2. The van der Waals surface area contributed by atoms with E-state index in [1.54, 1.807) is 4.68 Å². The van der Waals surface area contributed by atoms with Crippen LogP contribution in [0.3, 0.4) is 0 Å². The first-order valence-electron chi connectivity index (χ1n) is 10.6. The number of rotatable bonds is 7. The number of hydrogen-bond donors (Lipinski definition) is 1. The lowest BCUT2D eigenvalue weighted by molar-refractivity contribution is 0.0930. The van der Waals surface area contributed by atoms with Crippen LogP contribution in [0.1, 0.15) is 35.0 Å². The Morgan fingerprint density at radius 3 is 2.55 bits per heavy atom. The molecule has 4 rings (SSSR count). The number of carbonyl (C=O) groups excluding carboxylic acids is 1. The number of benzene rings is 2. The van der Waals surface area contributed by atoms with Gasteiger partial charge in [0.25, 0.3) is 5.91 Å². The van der Waals surface area contributed by atoms with Crippen LogP contribution in [0.4, 0.5) is 0 Å². The number of aryl methyl sites for hydroxylation is 3. The van der Waals surface area contributed by atoms with Gasteiger partial charge in [-0.1, -0.05) is 42.5 Å². The summed E-state index contributed by atoms with van der Waals surface area (Å²) in [4.78, 5) is 13.2. The van der Waals surface area contributed by atoms with Gasteiger partial charge in [0.15, 0.2) is 0 Å². The molecule has 4 aromatic rings. The van der Waals surface area contributed by atoms with Gasteiger partial charge in [-0.15, -0.1) is 0 Å². The van der Waals surface area contributed by atoms with Gasteiger partial charge >= 0.3 is 0 Å². The zero-order valence-electron chi connectivity index (χ0n) is 18.2. The minimum atomic E-state index is -0.116. The number of aromatic nitrogens is 3. The van der Waals surface area contributed by atoms with Crippen molar-refractivity contribution in [2.75, 3.05) is 0 Å². The molecule has 0 saturated heterocycles. The van der Waals surface area contributed by atoms with Gasteiger partial charge in [0, 0.05) is 19.3 Å². The van der Waals surface area contributed by atoms with Crippen LogP contribution in [0.5, 0.6) is 0 Å². The minimum absolute atomic E-state index is 0.0482. The Hall–Kier alpha value is -3.60. The molecular weight excluding hydrogens is 384 g/mol. The molecule has 2 aromatic heterocycles. The molecule has 0 radical (unpaired) electrons. The molecular formula is C26H28N4O. The molecule has 0 spiro atoms. The van der Waals surface area contributed by atoms with Gasteiger partial charge in [-0.05, 0) is 68.1 Å². The van der Waals surface area contributed by atoms with Gasteiger partial charge in [0.05, 0.1) is 11.4 Å². The summed E-state index contributed by atoms with van der Waals surface area (Å²) in [5, 5.41) is 7.94. The molecule has 31 heavy (non-hydrogen) atoms. The topological polar surface area (TPSA) is 51.9 Å². The SMILES string of the molecule is Cc1cccc(-n2nc(-c3cccn3C)cc2C(=O)NC(C)CCc2ccccc2)c1. The minimum Gasteiger partial charge on any atom is -0.349 e. The fourth-order valence-electron chi connectivity index (χ4n) is 3.75. The average Bonchev–Trinajstić information content (AvgIpc) is 3.39. The van der Waals surface area contributed by atoms with Crippen LogP contribution >= 0.6 is 0 Å². The third-order valence-electron chi connectivity index (χ3n) is 5.48. The monoisotopic (exact) mass is 412 g/mol. The average molecular weight is 413 g/mol. The first-order valence-corrected chi connectivity index (χ1v) is 10.6. The van der Waals surface area contributed by atoms with Crippen molar-refractivity contribution in [1.82, 2.24) is 19.7 Å². The lowest BCUT2D eigenvalue weighted by Gasteiger charge is -2.15. The molecule has 0 aliphatic carbocycles. The highest BCUT2D eigenvalue weighted by molar-refractivity contribution is 5.94. The van der Waals surface area contributed by atoms with E-state index >= 15 is 0 Å². The molecule has 1 unspecified atom stereocenters. The van der Waals surface area contributed by atoms with Crippen LogP contribution in [0.15, 0.2) is 79.0 Å². The summed E-state index contributed by atoms with van der Waals surface area (Å²) in [7, 11) is 1.98. The summed E-state index contributed by atoms with van der Waals surface area (Å²) in [6, 6.07) is 24.3. The molecule has 0 saturated carbocycles. The molecule has 2 aromatic carbocycles. The first kappa shape index (κ1) is 20.7. The van der Waals surface area contributed by atoms with Gasteiger partial charge in [0.1, 0.15) is 11.4 Å². The van der Waals surface area contributed by atoms with Gasteiger partial charge in [-0.25, -0.2) is 4.68 Å². The number of amides is 1. The number of carbonyl (C=O) groups is 1. The van der Waals surface area contributed by atoms with Gasteiger partial charge in [-0.2, -0.15) is 5.10 Å². The van der Waals surface area contributed by atoms with Crippen molar-refractivity contribution in [3.63, 3.8) is 0 Å². The van der Waals surface area contributed by atoms with E-state index in [9.17, 15) is 4.79 Å². The Balaban J connectivity index is 1.59. The molecule has 2 heterocycles. The van der Waals surface area contributed by atoms with Crippen LogP contribution in [-0.2, 0) is 13.5 Å². The Bertz CT molecular complexity index is 1170. The summed E-state index contributed by atoms with van der Waals surface area (Å²) in [6.07, 6.45) is 3.78. The Morgan fingerprint density at radius 2 is 1.84 bits per heavy atom. The highest BCUT2D eigenvalue weighted by Gasteiger charge is 2.20. The zero-order chi connectivity index (χ0) is 21.8. The number of nitrogens with zero attached hydrogens (tertiary/aromatic N) is 3. The van der Waals surface area contributed by atoms with Crippen molar-refractivity contribution in [3.8, 4) is 17.1 Å². The summed E-state index contributed by atoms with van der Waals surface area (Å²) in [5.74, 6) is -0.116. The fraction of sp³-hybridized carbons (Fsp3) is 0.231. The molecule has 0 aliphatic heterocycles. The summed E-state index contributed by atoms with van der Waals surface area (Å²) in [5.41, 5.74) is 5.56. The fourth-order valence-corrected chi connectivity index (χ4v) is 3.75. The van der Waals surface area contributed by atoms with Crippen molar-refractivity contribution >= 4 is 5.91 Å². The van der Waals surface area contributed by atoms with E-state index < -0.39 is 0 Å². The molecule has 0 aliphatic rings.